The zero-order chi connectivity index (χ0) is 25.3. The van der Waals surface area contributed by atoms with Gasteiger partial charge < -0.3 is 13.9 Å². The molecule has 4 nitrogen and oxygen atoms in total. The third kappa shape index (κ3) is 5.09. The molecule has 1 aromatic heterocycles. The first kappa shape index (κ1) is 26.0. The highest BCUT2D eigenvalue weighted by atomic mass is 28.4. The topological polar surface area (TPSA) is 20.6 Å². The molecule has 0 radical (unpaired) electrons. The van der Waals surface area contributed by atoms with E-state index in [0.717, 1.165) is 26.4 Å². The molecule has 1 atom stereocenters. The molecular weight excluding hydrogens is 446 g/mol. The van der Waals surface area contributed by atoms with Crippen LogP contribution >= 0.6 is 0 Å². The van der Waals surface area contributed by atoms with Crippen molar-refractivity contribution in [1.82, 2.24) is 9.47 Å². The Kier molecular flexibility index (Phi) is 7.79. The van der Waals surface area contributed by atoms with E-state index in [-0.39, 0.29) is 0 Å². The van der Waals surface area contributed by atoms with Crippen LogP contribution in [-0.2, 0) is 17.5 Å². The van der Waals surface area contributed by atoms with Gasteiger partial charge in [0.15, 0.2) is 8.32 Å². The zero-order valence-electron chi connectivity index (χ0n) is 23.1. The fourth-order valence-electron chi connectivity index (χ4n) is 6.55. The Labute approximate surface area is 214 Å². The highest BCUT2D eigenvalue weighted by Gasteiger charge is 2.45. The number of aromatic nitrogens is 1. The summed E-state index contributed by atoms with van der Waals surface area (Å²) in [5.74, 6) is 0. The monoisotopic (exact) mass is 491 g/mol. The molecule has 5 heteroatoms. The fraction of sp³-hybridized carbons (Fsp3) is 0.533. The van der Waals surface area contributed by atoms with Crippen molar-refractivity contribution >= 4 is 24.8 Å². The van der Waals surface area contributed by atoms with E-state index < -0.39 is 8.32 Å². The normalized spacial score (nSPS) is 16.0. The van der Waals surface area contributed by atoms with Gasteiger partial charge in [-0.2, -0.15) is 0 Å². The summed E-state index contributed by atoms with van der Waals surface area (Å²) in [6.45, 7) is 20.2. The van der Waals surface area contributed by atoms with Crippen LogP contribution in [-0.4, -0.2) is 44.1 Å². The van der Waals surface area contributed by atoms with Gasteiger partial charge in [-0.1, -0.05) is 84.0 Å². The van der Waals surface area contributed by atoms with Crippen LogP contribution in [0.3, 0.4) is 0 Å². The SMILES string of the molecule is CC(CO[Si](C(C)C)(C(C)C)C(C)C)N1CN(C)Cc2cn(Cc3cccc4ccccc34)cc21. The Bertz CT molecular complexity index is 1110. The van der Waals surface area contributed by atoms with Gasteiger partial charge in [-0.3, -0.25) is 4.90 Å². The number of benzene rings is 2. The number of hydrogen-bond donors (Lipinski definition) is 0. The lowest BCUT2D eigenvalue weighted by Gasteiger charge is -2.45. The number of nitrogens with zero attached hydrogens (tertiary/aromatic N) is 3. The molecule has 0 bridgehead atoms. The second-order valence-electron chi connectivity index (χ2n) is 11.6. The molecule has 3 aromatic rings. The highest BCUT2D eigenvalue weighted by Crippen LogP contribution is 2.42. The lowest BCUT2D eigenvalue weighted by Crippen LogP contribution is -2.52. The van der Waals surface area contributed by atoms with Crippen molar-refractivity contribution in [2.24, 2.45) is 0 Å². The van der Waals surface area contributed by atoms with Gasteiger partial charge in [0.05, 0.1) is 19.0 Å². The molecule has 1 aliphatic heterocycles. The van der Waals surface area contributed by atoms with E-state index in [1.165, 1.54) is 27.6 Å². The molecule has 0 spiro atoms. The van der Waals surface area contributed by atoms with E-state index in [1.807, 2.05) is 0 Å². The molecule has 0 amide bonds. The second-order valence-corrected chi connectivity index (χ2v) is 17.0. The number of anilines is 1. The van der Waals surface area contributed by atoms with Crippen molar-refractivity contribution in [3.63, 3.8) is 0 Å². The molecule has 0 saturated carbocycles. The van der Waals surface area contributed by atoms with Gasteiger partial charge in [0.2, 0.25) is 0 Å². The minimum Gasteiger partial charge on any atom is -0.414 e. The number of rotatable bonds is 9. The summed E-state index contributed by atoms with van der Waals surface area (Å²) in [7, 11) is 0.343. The summed E-state index contributed by atoms with van der Waals surface area (Å²) in [6.07, 6.45) is 4.71. The van der Waals surface area contributed by atoms with Gasteiger partial charge in [-0.25, -0.2) is 0 Å². The summed E-state index contributed by atoms with van der Waals surface area (Å²) in [5, 5.41) is 2.65. The predicted octanol–water partition coefficient (Wildman–Crippen LogP) is 7.48. The van der Waals surface area contributed by atoms with E-state index >= 15 is 0 Å². The van der Waals surface area contributed by atoms with Crippen LogP contribution in [0.1, 0.15) is 59.6 Å². The van der Waals surface area contributed by atoms with Crippen LogP contribution < -0.4 is 4.90 Å². The van der Waals surface area contributed by atoms with Crippen molar-refractivity contribution in [2.45, 2.75) is 84.2 Å². The Morgan fingerprint density at radius 3 is 2.20 bits per heavy atom. The molecule has 2 aromatic carbocycles. The van der Waals surface area contributed by atoms with Crippen LogP contribution in [0.15, 0.2) is 54.9 Å². The Hall–Kier alpha value is -2.08. The lowest BCUT2D eigenvalue weighted by molar-refractivity contribution is 0.231. The lowest BCUT2D eigenvalue weighted by atomic mass is 10.0. The zero-order valence-corrected chi connectivity index (χ0v) is 24.1. The third-order valence-electron chi connectivity index (χ3n) is 8.13. The van der Waals surface area contributed by atoms with E-state index in [1.54, 1.807) is 0 Å². The number of hydrogen-bond acceptors (Lipinski definition) is 3. The average molecular weight is 492 g/mol. The first-order valence-corrected chi connectivity index (χ1v) is 15.5. The molecule has 0 aliphatic carbocycles. The summed E-state index contributed by atoms with van der Waals surface area (Å²) in [6, 6.07) is 15.7. The van der Waals surface area contributed by atoms with Crippen molar-refractivity contribution in [3.05, 3.63) is 66.0 Å². The standard InChI is InChI=1S/C30H45N3OSi/c1-22(2)35(23(3)4,24(5)6)34-20-25(7)33-21-31(8)16-28-18-32(19-30(28)33)17-27-14-11-13-26-12-9-10-15-29(26)27/h9-15,18-19,22-25H,16-17,20-21H2,1-8H3. The van der Waals surface area contributed by atoms with Gasteiger partial charge in [-0.15, -0.1) is 0 Å². The van der Waals surface area contributed by atoms with Crippen LogP contribution in [0, 0.1) is 0 Å². The molecule has 1 unspecified atom stereocenters. The quantitative estimate of drug-likeness (QED) is 0.289. The van der Waals surface area contributed by atoms with E-state index in [9.17, 15) is 0 Å². The molecule has 0 fully saturated rings. The van der Waals surface area contributed by atoms with Crippen molar-refractivity contribution < 1.29 is 4.43 Å². The summed E-state index contributed by atoms with van der Waals surface area (Å²) < 4.78 is 9.38. The molecule has 4 rings (SSSR count). The van der Waals surface area contributed by atoms with E-state index in [2.05, 4.69) is 125 Å². The minimum atomic E-state index is -1.88. The largest absolute Gasteiger partial charge is 0.414 e. The molecule has 190 valence electrons. The fourth-order valence-corrected chi connectivity index (χ4v) is 12.1. The molecule has 0 N–H and O–H groups in total. The minimum absolute atomic E-state index is 0.327. The van der Waals surface area contributed by atoms with Crippen LogP contribution in [0.2, 0.25) is 16.6 Å². The van der Waals surface area contributed by atoms with Crippen LogP contribution in [0.25, 0.3) is 10.8 Å². The summed E-state index contributed by atoms with van der Waals surface area (Å²) >= 11 is 0. The Morgan fingerprint density at radius 1 is 0.857 bits per heavy atom. The van der Waals surface area contributed by atoms with Crippen molar-refractivity contribution in [3.8, 4) is 0 Å². The predicted molar refractivity (Wildman–Crippen MR) is 153 cm³/mol. The Morgan fingerprint density at radius 2 is 1.51 bits per heavy atom. The highest BCUT2D eigenvalue weighted by molar-refractivity contribution is 6.77. The van der Waals surface area contributed by atoms with Crippen LogP contribution in [0.5, 0.6) is 0 Å². The van der Waals surface area contributed by atoms with Gasteiger partial charge in [0.25, 0.3) is 0 Å². The Balaban J connectivity index is 1.56. The molecule has 2 heterocycles. The van der Waals surface area contributed by atoms with Gasteiger partial charge in [0, 0.05) is 37.1 Å². The molecular formula is C30H45N3OSi. The van der Waals surface area contributed by atoms with Gasteiger partial charge in [0.1, 0.15) is 0 Å². The summed E-state index contributed by atoms with van der Waals surface area (Å²) in [5.41, 5.74) is 5.97. The summed E-state index contributed by atoms with van der Waals surface area (Å²) in [4.78, 5) is 4.97. The van der Waals surface area contributed by atoms with Crippen molar-refractivity contribution in [2.75, 3.05) is 25.2 Å². The molecule has 35 heavy (non-hydrogen) atoms. The maximum absolute atomic E-state index is 7.00. The maximum atomic E-state index is 7.00. The van der Waals surface area contributed by atoms with Crippen LogP contribution in [0.4, 0.5) is 5.69 Å². The van der Waals surface area contributed by atoms with Gasteiger partial charge >= 0.3 is 0 Å². The van der Waals surface area contributed by atoms with E-state index in [4.69, 9.17) is 4.43 Å². The third-order valence-corrected chi connectivity index (χ3v) is 14.2. The molecule has 0 saturated heterocycles. The first-order chi connectivity index (χ1) is 16.6. The van der Waals surface area contributed by atoms with Gasteiger partial charge in [-0.05, 0) is 46.9 Å². The molecule has 1 aliphatic rings. The number of fused-ring (bicyclic) bond motifs is 2. The van der Waals surface area contributed by atoms with E-state index in [0.29, 0.717) is 22.7 Å². The maximum Gasteiger partial charge on any atom is 0.200 e. The van der Waals surface area contributed by atoms with Crippen molar-refractivity contribution in [1.29, 1.82) is 0 Å². The smallest absolute Gasteiger partial charge is 0.200 e. The second kappa shape index (κ2) is 10.5. The average Bonchev–Trinajstić information content (AvgIpc) is 3.20. The first-order valence-electron chi connectivity index (χ1n) is 13.4.